The molecule has 2 aromatic heterocycles. The molecule has 6 aromatic rings. The number of nitrogens with zero attached hydrogens (tertiary/aromatic N) is 10. The number of aryl methyl sites for hydroxylation is 4. The Hall–Kier alpha value is -6.83. The summed E-state index contributed by atoms with van der Waals surface area (Å²) in [6.45, 7) is 25.1. The van der Waals surface area contributed by atoms with E-state index in [-0.39, 0.29) is 5.56 Å². The van der Waals surface area contributed by atoms with Gasteiger partial charge in [-0.15, -0.1) is 0 Å². The molecule has 0 radical (unpaired) electrons. The van der Waals surface area contributed by atoms with Crippen molar-refractivity contribution in [1.29, 1.82) is 0 Å². The second kappa shape index (κ2) is 19.1. The fraction of sp³-hybridized carbons (Fsp3) is 0.367. The molecule has 0 bridgehead atoms. The van der Waals surface area contributed by atoms with E-state index in [1.54, 1.807) is 24.3 Å². The van der Waals surface area contributed by atoms with Crippen LogP contribution in [0.4, 0.5) is 57.9 Å². The zero-order valence-electron chi connectivity index (χ0n) is 40.4. The quantitative estimate of drug-likeness (QED) is 0.113. The summed E-state index contributed by atoms with van der Waals surface area (Å²) in [5.74, 6) is 2.29. The first-order valence-corrected chi connectivity index (χ1v) is 21.0. The van der Waals surface area contributed by atoms with Crippen molar-refractivity contribution in [3.8, 4) is 0 Å². The number of benzene rings is 4. The van der Waals surface area contributed by atoms with Crippen LogP contribution in [0.3, 0.4) is 0 Å². The summed E-state index contributed by atoms with van der Waals surface area (Å²) in [7, 11) is 12.3. The van der Waals surface area contributed by atoms with Gasteiger partial charge in [0.2, 0.25) is 23.8 Å². The van der Waals surface area contributed by atoms with Crippen molar-refractivity contribution >= 4 is 63.9 Å². The molecule has 0 fully saturated rings. The van der Waals surface area contributed by atoms with Gasteiger partial charge in [0.05, 0.1) is 16.9 Å². The number of rotatable bonds is 11. The normalized spacial score (nSPS) is 10.8. The maximum Gasteiger partial charge on any atom is 0.335 e. The summed E-state index contributed by atoms with van der Waals surface area (Å²) in [4.78, 5) is 47.2. The van der Waals surface area contributed by atoms with E-state index in [9.17, 15) is 9.90 Å². The monoisotopic (exact) mass is 853 g/mol. The van der Waals surface area contributed by atoms with Gasteiger partial charge >= 0.3 is 5.97 Å². The van der Waals surface area contributed by atoms with E-state index in [1.165, 1.54) is 50.3 Å². The number of nitrogens with one attached hydrogen (secondary N) is 2. The van der Waals surface area contributed by atoms with Gasteiger partial charge in [-0.2, -0.15) is 29.9 Å². The van der Waals surface area contributed by atoms with Gasteiger partial charge in [-0.25, -0.2) is 4.79 Å². The molecule has 0 unspecified atom stereocenters. The molecule has 4 aromatic carbocycles. The van der Waals surface area contributed by atoms with Crippen LogP contribution in [0.15, 0.2) is 42.5 Å². The highest BCUT2D eigenvalue weighted by Gasteiger charge is 2.23. The van der Waals surface area contributed by atoms with Crippen molar-refractivity contribution in [2.45, 2.75) is 83.1 Å². The minimum atomic E-state index is -0.988. The van der Waals surface area contributed by atoms with E-state index < -0.39 is 5.97 Å². The molecule has 0 aliphatic carbocycles. The largest absolute Gasteiger partial charge is 0.478 e. The number of hydrogen-bond donors (Lipinski definition) is 3. The standard InChI is InChI=1S/C25H34N6.C24H30N6O2/c1-14-12-11-13-15(2)21(14)28-24-26-20(7)27-25(29-24)31(10)23-18(5)16(3)17(4)22(19(23)6)30(8)9;1-13-14(2)20(29(6)7)16(4)21(15(13)3)30(8)24-26-17(5)25-23(28-24)27-19-11-9-10-18(12-19)22(31)32/h11-13H,1-10H3,(H,26,27,28,29);9-12H,1-8H3,(H,31,32)(H,25,26,27,28). The van der Waals surface area contributed by atoms with Crippen LogP contribution < -0.4 is 30.2 Å². The zero-order valence-corrected chi connectivity index (χ0v) is 40.4. The summed E-state index contributed by atoms with van der Waals surface area (Å²) < 4.78 is 0. The first kappa shape index (κ1) is 47.2. The Kier molecular flexibility index (Phi) is 14.3. The van der Waals surface area contributed by atoms with Crippen LogP contribution in [0, 0.1) is 83.1 Å². The highest BCUT2D eigenvalue weighted by molar-refractivity contribution is 5.89. The minimum absolute atomic E-state index is 0.190. The van der Waals surface area contributed by atoms with Gasteiger partial charge in [-0.3, -0.25) is 0 Å². The van der Waals surface area contributed by atoms with Gasteiger partial charge in [-0.1, -0.05) is 24.3 Å². The number of hydrogen-bond acceptors (Lipinski definition) is 13. The molecule has 332 valence electrons. The lowest BCUT2D eigenvalue weighted by Crippen LogP contribution is -2.21. The van der Waals surface area contributed by atoms with Crippen LogP contribution in [0.5, 0.6) is 0 Å². The van der Waals surface area contributed by atoms with E-state index in [1.807, 2.05) is 46.9 Å². The van der Waals surface area contributed by atoms with Gasteiger partial charge in [-0.05, 0) is 157 Å². The lowest BCUT2D eigenvalue weighted by molar-refractivity contribution is 0.0697. The molecular formula is C49H64N12O2. The van der Waals surface area contributed by atoms with Gasteiger partial charge in [0.1, 0.15) is 11.6 Å². The summed E-state index contributed by atoms with van der Waals surface area (Å²) in [5.41, 5.74) is 18.6. The number of aromatic carboxylic acids is 1. The van der Waals surface area contributed by atoms with Crippen LogP contribution in [0.2, 0.25) is 0 Å². The van der Waals surface area contributed by atoms with Crippen LogP contribution in [-0.2, 0) is 0 Å². The van der Waals surface area contributed by atoms with Crippen molar-refractivity contribution in [3.05, 3.63) is 115 Å². The molecule has 14 nitrogen and oxygen atoms in total. The highest BCUT2D eigenvalue weighted by atomic mass is 16.4. The van der Waals surface area contributed by atoms with Crippen molar-refractivity contribution in [2.75, 3.05) is 72.5 Å². The Morgan fingerprint density at radius 1 is 0.476 bits per heavy atom. The van der Waals surface area contributed by atoms with Crippen LogP contribution >= 0.6 is 0 Å². The maximum absolute atomic E-state index is 11.3. The van der Waals surface area contributed by atoms with Crippen LogP contribution in [0.1, 0.15) is 77.6 Å². The molecule has 0 aliphatic rings. The second-order valence-corrected chi connectivity index (χ2v) is 16.7. The number of aromatic nitrogens is 6. The van der Waals surface area contributed by atoms with E-state index in [4.69, 9.17) is 4.98 Å². The van der Waals surface area contributed by atoms with Gasteiger partial charge in [0.25, 0.3) is 0 Å². The van der Waals surface area contributed by atoms with Crippen LogP contribution in [0.25, 0.3) is 0 Å². The summed E-state index contributed by atoms with van der Waals surface area (Å²) in [5, 5.41) is 15.8. The Labute approximate surface area is 373 Å². The fourth-order valence-corrected chi connectivity index (χ4v) is 8.50. The summed E-state index contributed by atoms with van der Waals surface area (Å²) in [6, 6.07) is 12.8. The maximum atomic E-state index is 11.3. The molecular weight excluding hydrogens is 789 g/mol. The zero-order chi connectivity index (χ0) is 46.8. The van der Waals surface area contributed by atoms with E-state index in [0.29, 0.717) is 41.1 Å². The van der Waals surface area contributed by atoms with Crippen molar-refractivity contribution < 1.29 is 9.90 Å². The second-order valence-electron chi connectivity index (χ2n) is 16.7. The molecule has 0 saturated carbocycles. The number of para-hydroxylation sites is 1. The smallest absolute Gasteiger partial charge is 0.335 e. The average molecular weight is 853 g/mol. The Morgan fingerprint density at radius 3 is 1.29 bits per heavy atom. The Bertz CT molecular complexity index is 2670. The topological polar surface area (TPSA) is 152 Å². The predicted molar refractivity (Wildman–Crippen MR) is 261 cm³/mol. The third kappa shape index (κ3) is 9.95. The molecule has 0 saturated heterocycles. The lowest BCUT2D eigenvalue weighted by atomic mass is 9.94. The minimum Gasteiger partial charge on any atom is -0.478 e. The number of carbonyl (C=O) groups is 1. The molecule has 0 atom stereocenters. The highest BCUT2D eigenvalue weighted by Crippen LogP contribution is 2.41. The summed E-state index contributed by atoms with van der Waals surface area (Å²) in [6.07, 6.45) is 0. The number of carboxylic acids is 1. The number of anilines is 10. The molecule has 6 rings (SSSR count). The molecule has 63 heavy (non-hydrogen) atoms. The number of carboxylic acid groups (broad SMARTS) is 1. The lowest BCUT2D eigenvalue weighted by Gasteiger charge is -2.29. The Balaban J connectivity index is 0.000000238. The fourth-order valence-electron chi connectivity index (χ4n) is 8.50. The third-order valence-electron chi connectivity index (χ3n) is 11.8. The van der Waals surface area contributed by atoms with Crippen molar-refractivity contribution in [1.82, 2.24) is 29.9 Å². The van der Waals surface area contributed by atoms with Gasteiger partial charge < -0.3 is 35.3 Å². The Morgan fingerprint density at radius 2 is 0.873 bits per heavy atom. The predicted octanol–water partition coefficient (Wildman–Crippen LogP) is 10.3. The first-order chi connectivity index (χ1) is 29.5. The van der Waals surface area contributed by atoms with E-state index >= 15 is 0 Å². The van der Waals surface area contributed by atoms with E-state index in [2.05, 4.69) is 152 Å². The summed E-state index contributed by atoms with van der Waals surface area (Å²) >= 11 is 0. The third-order valence-corrected chi connectivity index (χ3v) is 11.8. The van der Waals surface area contributed by atoms with E-state index in [0.717, 1.165) is 33.8 Å². The average Bonchev–Trinajstić information content (AvgIpc) is 3.20. The van der Waals surface area contributed by atoms with Crippen molar-refractivity contribution in [3.63, 3.8) is 0 Å². The molecule has 3 N–H and O–H groups in total. The molecule has 0 amide bonds. The molecule has 0 aliphatic heterocycles. The molecule has 14 heteroatoms. The molecule has 0 spiro atoms. The van der Waals surface area contributed by atoms with Gasteiger partial charge in [0, 0.05) is 65.0 Å². The van der Waals surface area contributed by atoms with Crippen LogP contribution in [-0.4, -0.2) is 83.3 Å². The SMILES string of the molecule is Cc1nc(Nc2c(C)cccc2C)nc(N(C)c2c(C)c(C)c(C)c(N(C)C)c2C)n1.Cc1nc(Nc2cccc(C(=O)O)c2)nc(N(C)c2c(C)c(C)c(C)c(N(C)C)c2C)n1. The molecule has 2 heterocycles. The van der Waals surface area contributed by atoms with Gasteiger partial charge in [0.15, 0.2) is 0 Å². The first-order valence-electron chi connectivity index (χ1n) is 21.0. The van der Waals surface area contributed by atoms with Crippen molar-refractivity contribution in [2.24, 2.45) is 0 Å².